The second-order valence-corrected chi connectivity index (χ2v) is 8.94. The van der Waals surface area contributed by atoms with Crippen LogP contribution >= 0.6 is 0 Å². The van der Waals surface area contributed by atoms with Crippen LogP contribution in [-0.4, -0.2) is 53.5 Å². The number of carboxylic acids is 1. The zero-order valence-corrected chi connectivity index (χ0v) is 15.6. The van der Waals surface area contributed by atoms with Crippen LogP contribution in [-0.2, 0) is 19.6 Å². The summed E-state index contributed by atoms with van der Waals surface area (Å²) >= 11 is 0. The lowest BCUT2D eigenvalue weighted by molar-refractivity contribution is -0.152. The summed E-state index contributed by atoms with van der Waals surface area (Å²) in [5.74, 6) is -1.45. The van der Waals surface area contributed by atoms with Gasteiger partial charge in [0.25, 0.3) is 0 Å². The lowest BCUT2D eigenvalue weighted by atomic mass is 9.76. The number of rotatable bonds is 5. The van der Waals surface area contributed by atoms with Gasteiger partial charge >= 0.3 is 5.97 Å². The first-order chi connectivity index (χ1) is 12.2. The molecule has 1 aliphatic heterocycles. The molecular formula is C16H23N3O6S. The zero-order chi connectivity index (χ0) is 19.1. The average Bonchev–Trinajstić information content (AvgIpc) is 2.89. The molecule has 10 heteroatoms. The molecule has 0 radical (unpaired) electrons. The van der Waals surface area contributed by atoms with Crippen LogP contribution in [0.25, 0.3) is 0 Å². The molecule has 0 spiro atoms. The Balaban J connectivity index is 1.64. The van der Waals surface area contributed by atoms with Crippen LogP contribution in [0.3, 0.4) is 0 Å². The van der Waals surface area contributed by atoms with Crippen LogP contribution in [0.15, 0.2) is 9.42 Å². The molecule has 0 aromatic carbocycles. The van der Waals surface area contributed by atoms with Gasteiger partial charge in [-0.25, -0.2) is 13.2 Å². The van der Waals surface area contributed by atoms with Crippen molar-refractivity contribution in [1.82, 2.24) is 14.8 Å². The van der Waals surface area contributed by atoms with Gasteiger partial charge in [0.15, 0.2) is 5.76 Å². The van der Waals surface area contributed by atoms with E-state index in [-0.39, 0.29) is 35.6 Å². The van der Waals surface area contributed by atoms with Gasteiger partial charge in [-0.3, -0.25) is 4.79 Å². The van der Waals surface area contributed by atoms with E-state index in [0.29, 0.717) is 31.4 Å². The standard InChI is InChI=1S/C16H23N3O6S/c1-10-13(11(2)25-18-10)26(23,24)19-8-4-12(5-9-19)14(20)17-16(15(21)22)6-3-7-16/h12H,3-9H2,1-2H3,(H,17,20)(H,21,22). The highest BCUT2D eigenvalue weighted by Crippen LogP contribution is 2.33. The predicted octanol–water partition coefficient (Wildman–Crippen LogP) is 0.816. The minimum absolute atomic E-state index is 0.0831. The number of piperidine rings is 1. The average molecular weight is 385 g/mol. The first-order valence-corrected chi connectivity index (χ1v) is 10.1. The molecule has 9 nitrogen and oxygen atoms in total. The number of aryl methyl sites for hydroxylation is 2. The van der Waals surface area contributed by atoms with Gasteiger partial charge in [-0.2, -0.15) is 4.31 Å². The van der Waals surface area contributed by atoms with Gasteiger partial charge in [0, 0.05) is 19.0 Å². The van der Waals surface area contributed by atoms with E-state index in [1.54, 1.807) is 13.8 Å². The number of hydrogen-bond donors (Lipinski definition) is 2. The summed E-state index contributed by atoms with van der Waals surface area (Å²) < 4.78 is 31.9. The Kier molecular flexibility index (Phi) is 4.82. The van der Waals surface area contributed by atoms with Gasteiger partial charge in [-0.1, -0.05) is 5.16 Å². The molecular weight excluding hydrogens is 362 g/mol. The van der Waals surface area contributed by atoms with Crippen molar-refractivity contribution in [2.45, 2.75) is 56.4 Å². The summed E-state index contributed by atoms with van der Waals surface area (Å²) in [5.41, 5.74) is -0.826. The monoisotopic (exact) mass is 385 g/mol. The molecule has 0 bridgehead atoms. The number of carboxylic acid groups (broad SMARTS) is 1. The largest absolute Gasteiger partial charge is 0.480 e. The summed E-state index contributed by atoms with van der Waals surface area (Å²) in [5, 5.41) is 15.7. The number of amides is 1. The fourth-order valence-corrected chi connectivity index (χ4v) is 5.35. The van der Waals surface area contributed by atoms with Gasteiger partial charge in [-0.15, -0.1) is 0 Å². The molecule has 1 aliphatic carbocycles. The van der Waals surface area contributed by atoms with Crippen LogP contribution in [0.4, 0.5) is 0 Å². The van der Waals surface area contributed by atoms with Gasteiger partial charge in [0.05, 0.1) is 0 Å². The van der Waals surface area contributed by atoms with Crippen molar-refractivity contribution in [1.29, 1.82) is 0 Å². The molecule has 2 aliphatic rings. The molecule has 3 rings (SSSR count). The molecule has 1 amide bonds. The number of hydrogen-bond acceptors (Lipinski definition) is 6. The Hall–Kier alpha value is -1.94. The molecule has 1 aromatic rings. The number of carbonyl (C=O) groups excluding carboxylic acids is 1. The van der Waals surface area contributed by atoms with Gasteiger partial charge in [-0.05, 0) is 46.0 Å². The highest BCUT2D eigenvalue weighted by atomic mass is 32.2. The van der Waals surface area contributed by atoms with E-state index < -0.39 is 21.5 Å². The SMILES string of the molecule is Cc1noc(C)c1S(=O)(=O)N1CCC(C(=O)NC2(C(=O)O)CCC2)CC1. The Labute approximate surface area is 151 Å². The van der Waals surface area contributed by atoms with Crippen molar-refractivity contribution in [2.75, 3.05) is 13.1 Å². The molecule has 144 valence electrons. The van der Waals surface area contributed by atoms with E-state index >= 15 is 0 Å². The summed E-state index contributed by atoms with van der Waals surface area (Å²) in [7, 11) is -3.72. The Bertz CT molecular complexity index is 800. The van der Waals surface area contributed by atoms with E-state index in [1.165, 1.54) is 4.31 Å². The molecule has 0 atom stereocenters. The van der Waals surface area contributed by atoms with Crippen molar-refractivity contribution in [3.63, 3.8) is 0 Å². The van der Waals surface area contributed by atoms with Crippen LogP contribution in [0.5, 0.6) is 0 Å². The first-order valence-electron chi connectivity index (χ1n) is 8.66. The topological polar surface area (TPSA) is 130 Å². The lowest BCUT2D eigenvalue weighted by Gasteiger charge is -2.40. The summed E-state index contributed by atoms with van der Waals surface area (Å²) in [6.07, 6.45) is 2.36. The maximum atomic E-state index is 12.8. The number of carbonyl (C=O) groups is 2. The summed E-state index contributed by atoms with van der Waals surface area (Å²) in [6, 6.07) is 0. The quantitative estimate of drug-likeness (QED) is 0.767. The predicted molar refractivity (Wildman–Crippen MR) is 89.8 cm³/mol. The normalized spacial score (nSPS) is 21.2. The molecule has 0 unspecified atom stereocenters. The van der Waals surface area contributed by atoms with Crippen molar-refractivity contribution >= 4 is 21.9 Å². The lowest BCUT2D eigenvalue weighted by Crippen LogP contribution is -2.60. The summed E-state index contributed by atoms with van der Waals surface area (Å²) in [4.78, 5) is 23.9. The van der Waals surface area contributed by atoms with Gasteiger partial charge in [0.1, 0.15) is 16.1 Å². The second-order valence-electron chi connectivity index (χ2n) is 7.06. The zero-order valence-electron chi connectivity index (χ0n) is 14.8. The first kappa shape index (κ1) is 18.8. The van der Waals surface area contributed by atoms with Gasteiger partial charge in [0.2, 0.25) is 15.9 Å². The molecule has 26 heavy (non-hydrogen) atoms. The summed E-state index contributed by atoms with van der Waals surface area (Å²) in [6.45, 7) is 3.53. The van der Waals surface area contributed by atoms with Crippen LogP contribution in [0, 0.1) is 19.8 Å². The maximum absolute atomic E-state index is 12.8. The van der Waals surface area contributed by atoms with E-state index in [1.807, 2.05) is 0 Å². The van der Waals surface area contributed by atoms with Gasteiger partial charge < -0.3 is 14.9 Å². The van der Waals surface area contributed by atoms with E-state index in [4.69, 9.17) is 4.52 Å². The molecule has 1 saturated carbocycles. The van der Waals surface area contributed by atoms with Crippen molar-refractivity contribution in [3.05, 3.63) is 11.5 Å². The number of sulfonamides is 1. The van der Waals surface area contributed by atoms with Crippen molar-refractivity contribution in [2.24, 2.45) is 5.92 Å². The minimum Gasteiger partial charge on any atom is -0.480 e. The fourth-order valence-electron chi connectivity index (χ4n) is 3.59. The fraction of sp³-hybridized carbons (Fsp3) is 0.688. The third-order valence-corrected chi connectivity index (χ3v) is 7.51. The third kappa shape index (κ3) is 3.11. The van der Waals surface area contributed by atoms with Crippen LogP contribution in [0.1, 0.15) is 43.6 Å². The minimum atomic E-state index is -3.72. The number of aromatic nitrogens is 1. The second kappa shape index (κ2) is 6.66. The molecule has 1 saturated heterocycles. The Morgan fingerprint density at radius 2 is 1.88 bits per heavy atom. The molecule has 1 aromatic heterocycles. The Morgan fingerprint density at radius 3 is 2.31 bits per heavy atom. The number of aliphatic carboxylic acids is 1. The smallest absolute Gasteiger partial charge is 0.329 e. The van der Waals surface area contributed by atoms with E-state index in [9.17, 15) is 23.1 Å². The van der Waals surface area contributed by atoms with E-state index in [2.05, 4.69) is 10.5 Å². The Morgan fingerprint density at radius 1 is 1.27 bits per heavy atom. The van der Waals surface area contributed by atoms with Crippen LogP contribution in [0.2, 0.25) is 0 Å². The van der Waals surface area contributed by atoms with Crippen LogP contribution < -0.4 is 5.32 Å². The molecule has 2 N–H and O–H groups in total. The highest BCUT2D eigenvalue weighted by Gasteiger charge is 2.47. The molecule has 2 fully saturated rings. The van der Waals surface area contributed by atoms with Crippen molar-refractivity contribution in [3.8, 4) is 0 Å². The van der Waals surface area contributed by atoms with E-state index in [0.717, 1.165) is 6.42 Å². The maximum Gasteiger partial charge on any atom is 0.329 e. The van der Waals surface area contributed by atoms with Crippen molar-refractivity contribution < 1.29 is 27.6 Å². The number of nitrogens with one attached hydrogen (secondary N) is 1. The molecule has 2 heterocycles. The number of nitrogens with zero attached hydrogens (tertiary/aromatic N) is 2. The third-order valence-electron chi connectivity index (χ3n) is 5.37. The highest BCUT2D eigenvalue weighted by molar-refractivity contribution is 7.89.